The molecule has 0 amide bonds. The number of nitrogen functional groups attached to an aromatic ring is 1. The van der Waals surface area contributed by atoms with Crippen molar-refractivity contribution in [3.05, 3.63) is 36.9 Å². The van der Waals surface area contributed by atoms with Crippen LogP contribution < -0.4 is 10.5 Å². The zero-order valence-corrected chi connectivity index (χ0v) is 11.9. The maximum absolute atomic E-state index is 5.70. The molecule has 0 saturated carbocycles. The lowest BCUT2D eigenvalue weighted by atomic mass is 10.3. The molecule has 9 heteroatoms. The van der Waals surface area contributed by atoms with Crippen molar-refractivity contribution >= 4 is 17.7 Å². The van der Waals surface area contributed by atoms with Crippen LogP contribution in [0.4, 0.5) is 5.95 Å². The second-order valence-corrected chi connectivity index (χ2v) is 4.72. The van der Waals surface area contributed by atoms with Gasteiger partial charge in [-0.3, -0.25) is 0 Å². The van der Waals surface area contributed by atoms with Crippen LogP contribution in [0.1, 0.15) is 0 Å². The van der Waals surface area contributed by atoms with Crippen LogP contribution in [0.2, 0.25) is 0 Å². The molecular weight excluding hydrogens is 290 g/mol. The standard InChI is InChI=1S/C12H11N7OS/c1-21-9-5-3-2-4-8(9)20-12-17-10(13)16-11(18-12)19-7-14-6-15-19/h2-7H,1H3,(H2,13,16,17,18). The van der Waals surface area contributed by atoms with E-state index in [1.165, 1.54) is 17.3 Å². The highest BCUT2D eigenvalue weighted by Crippen LogP contribution is 2.29. The van der Waals surface area contributed by atoms with Crippen molar-refractivity contribution in [3.63, 3.8) is 0 Å². The number of nitrogens with two attached hydrogens (primary N) is 1. The van der Waals surface area contributed by atoms with E-state index in [0.29, 0.717) is 5.75 Å². The number of para-hydroxylation sites is 1. The maximum atomic E-state index is 5.70. The highest BCUT2D eigenvalue weighted by Gasteiger charge is 2.10. The van der Waals surface area contributed by atoms with Gasteiger partial charge in [0.25, 0.3) is 5.95 Å². The quantitative estimate of drug-likeness (QED) is 0.724. The monoisotopic (exact) mass is 301 g/mol. The van der Waals surface area contributed by atoms with Gasteiger partial charge in [0.2, 0.25) is 5.95 Å². The van der Waals surface area contributed by atoms with Gasteiger partial charge in [-0.25, -0.2) is 4.98 Å². The summed E-state index contributed by atoms with van der Waals surface area (Å²) in [6, 6.07) is 7.69. The normalized spacial score (nSPS) is 10.5. The minimum Gasteiger partial charge on any atom is -0.423 e. The van der Waals surface area contributed by atoms with Gasteiger partial charge in [-0.1, -0.05) is 12.1 Å². The molecule has 0 saturated heterocycles. The largest absolute Gasteiger partial charge is 0.423 e. The second kappa shape index (κ2) is 5.75. The SMILES string of the molecule is CSc1ccccc1Oc1nc(N)nc(-n2cncn2)n1. The third-order valence-corrected chi connectivity index (χ3v) is 3.29. The van der Waals surface area contributed by atoms with Crippen LogP contribution in [0, 0.1) is 0 Å². The zero-order chi connectivity index (χ0) is 14.7. The van der Waals surface area contributed by atoms with E-state index in [0.717, 1.165) is 4.90 Å². The molecule has 0 fully saturated rings. The van der Waals surface area contributed by atoms with Gasteiger partial charge in [0.1, 0.15) is 18.4 Å². The van der Waals surface area contributed by atoms with Crippen LogP contribution in [-0.4, -0.2) is 36.0 Å². The van der Waals surface area contributed by atoms with E-state index in [1.54, 1.807) is 11.8 Å². The second-order valence-electron chi connectivity index (χ2n) is 3.87. The number of ether oxygens (including phenoxy) is 1. The third kappa shape index (κ3) is 2.92. The van der Waals surface area contributed by atoms with Crippen molar-refractivity contribution in [2.45, 2.75) is 4.90 Å². The van der Waals surface area contributed by atoms with E-state index in [-0.39, 0.29) is 17.9 Å². The lowest BCUT2D eigenvalue weighted by Crippen LogP contribution is -2.08. The van der Waals surface area contributed by atoms with Crippen molar-refractivity contribution < 1.29 is 4.74 Å². The van der Waals surface area contributed by atoms with Gasteiger partial charge in [0, 0.05) is 4.90 Å². The molecule has 8 nitrogen and oxygen atoms in total. The predicted molar refractivity (Wildman–Crippen MR) is 77.5 cm³/mol. The minimum atomic E-state index is 0.0483. The fourth-order valence-corrected chi connectivity index (χ4v) is 2.15. The Hall–Kier alpha value is -2.68. The lowest BCUT2D eigenvalue weighted by molar-refractivity contribution is 0.429. The Labute approximate surface area is 124 Å². The molecule has 0 atom stereocenters. The molecule has 0 aliphatic rings. The van der Waals surface area contributed by atoms with Gasteiger partial charge in [-0.2, -0.15) is 24.7 Å². The zero-order valence-electron chi connectivity index (χ0n) is 11.0. The molecule has 1 aromatic carbocycles. The molecule has 2 heterocycles. The van der Waals surface area contributed by atoms with Gasteiger partial charge in [0.15, 0.2) is 0 Å². The first-order chi connectivity index (χ1) is 10.3. The molecule has 0 unspecified atom stereocenters. The maximum Gasteiger partial charge on any atom is 0.328 e. The molecular formula is C12H11N7OS. The molecule has 2 N–H and O–H groups in total. The molecule has 106 valence electrons. The number of hydrogen-bond donors (Lipinski definition) is 1. The Morgan fingerprint density at radius 1 is 1.19 bits per heavy atom. The summed E-state index contributed by atoms with van der Waals surface area (Å²) in [6.45, 7) is 0. The summed E-state index contributed by atoms with van der Waals surface area (Å²) in [5.41, 5.74) is 5.68. The Morgan fingerprint density at radius 2 is 2.05 bits per heavy atom. The molecule has 0 radical (unpaired) electrons. The van der Waals surface area contributed by atoms with Crippen LogP contribution in [0.5, 0.6) is 11.8 Å². The summed E-state index contributed by atoms with van der Waals surface area (Å²) in [6.07, 6.45) is 4.81. The van der Waals surface area contributed by atoms with Gasteiger partial charge >= 0.3 is 6.01 Å². The van der Waals surface area contributed by atoms with E-state index < -0.39 is 0 Å². The first kappa shape index (κ1) is 13.3. The Kier molecular flexibility index (Phi) is 3.65. The van der Waals surface area contributed by atoms with Crippen LogP contribution in [0.3, 0.4) is 0 Å². The van der Waals surface area contributed by atoms with Gasteiger partial charge in [-0.15, -0.1) is 11.8 Å². The van der Waals surface area contributed by atoms with E-state index in [9.17, 15) is 0 Å². The molecule has 0 aliphatic carbocycles. The number of anilines is 1. The van der Waals surface area contributed by atoms with Crippen molar-refractivity contribution in [1.29, 1.82) is 0 Å². The van der Waals surface area contributed by atoms with Gasteiger partial charge < -0.3 is 10.5 Å². The molecule has 0 bridgehead atoms. The predicted octanol–water partition coefficient (Wildman–Crippen LogP) is 1.55. The van der Waals surface area contributed by atoms with E-state index in [4.69, 9.17) is 10.5 Å². The van der Waals surface area contributed by atoms with Crippen molar-refractivity contribution in [2.24, 2.45) is 0 Å². The summed E-state index contributed by atoms with van der Waals surface area (Å²) in [5.74, 6) is 0.948. The average molecular weight is 301 g/mol. The number of benzene rings is 1. The summed E-state index contributed by atoms with van der Waals surface area (Å²) in [4.78, 5) is 16.9. The Balaban J connectivity index is 1.96. The van der Waals surface area contributed by atoms with Crippen molar-refractivity contribution in [3.8, 4) is 17.7 Å². The number of aromatic nitrogens is 6. The van der Waals surface area contributed by atoms with Crippen LogP contribution in [-0.2, 0) is 0 Å². The van der Waals surface area contributed by atoms with Gasteiger partial charge in [0.05, 0.1) is 0 Å². The topological polar surface area (TPSA) is 105 Å². The van der Waals surface area contributed by atoms with E-state index in [1.807, 2.05) is 30.5 Å². The summed E-state index contributed by atoms with van der Waals surface area (Å²) in [5, 5.41) is 3.95. The fraction of sp³-hybridized carbons (Fsp3) is 0.0833. The summed E-state index contributed by atoms with van der Waals surface area (Å²) in [7, 11) is 0. The highest BCUT2D eigenvalue weighted by molar-refractivity contribution is 7.98. The van der Waals surface area contributed by atoms with Crippen molar-refractivity contribution in [1.82, 2.24) is 29.7 Å². The first-order valence-corrected chi connectivity index (χ1v) is 7.16. The number of nitrogens with zero attached hydrogens (tertiary/aromatic N) is 6. The Bertz CT molecular complexity index is 747. The fourth-order valence-electron chi connectivity index (χ4n) is 1.62. The van der Waals surface area contributed by atoms with E-state index in [2.05, 4.69) is 25.0 Å². The van der Waals surface area contributed by atoms with Crippen molar-refractivity contribution in [2.75, 3.05) is 12.0 Å². The third-order valence-electron chi connectivity index (χ3n) is 2.51. The van der Waals surface area contributed by atoms with Crippen LogP contribution >= 0.6 is 11.8 Å². The molecule has 3 aromatic rings. The molecule has 3 rings (SSSR count). The smallest absolute Gasteiger partial charge is 0.328 e. The van der Waals surface area contributed by atoms with E-state index >= 15 is 0 Å². The number of hydrogen-bond acceptors (Lipinski definition) is 8. The number of thioether (sulfide) groups is 1. The molecule has 21 heavy (non-hydrogen) atoms. The van der Waals surface area contributed by atoms with Crippen LogP contribution in [0.15, 0.2) is 41.8 Å². The van der Waals surface area contributed by atoms with Crippen LogP contribution in [0.25, 0.3) is 5.95 Å². The molecule has 0 aliphatic heterocycles. The van der Waals surface area contributed by atoms with Gasteiger partial charge in [-0.05, 0) is 18.4 Å². The summed E-state index contributed by atoms with van der Waals surface area (Å²) < 4.78 is 7.08. The Morgan fingerprint density at radius 3 is 2.81 bits per heavy atom. The number of rotatable bonds is 4. The molecule has 0 spiro atoms. The summed E-state index contributed by atoms with van der Waals surface area (Å²) >= 11 is 1.57. The highest BCUT2D eigenvalue weighted by atomic mass is 32.2. The minimum absolute atomic E-state index is 0.0483. The molecule has 2 aromatic heterocycles. The lowest BCUT2D eigenvalue weighted by Gasteiger charge is -2.08. The average Bonchev–Trinajstić information content (AvgIpc) is 3.01. The first-order valence-electron chi connectivity index (χ1n) is 5.93.